The Labute approximate surface area is 70.2 Å². The molecule has 0 saturated heterocycles. The SMILES string of the molecule is C=CCP(=O)(O)O.[NaH]. The Balaban J connectivity index is 0. The van der Waals surface area contributed by atoms with Gasteiger partial charge in [0.25, 0.3) is 0 Å². The van der Waals surface area contributed by atoms with Crippen molar-refractivity contribution in [3.05, 3.63) is 12.7 Å². The molecule has 0 saturated carbocycles. The number of rotatable bonds is 2. The Kier molecular flexibility index (Phi) is 6.91. The molecule has 0 spiro atoms. The van der Waals surface area contributed by atoms with E-state index in [-0.39, 0.29) is 35.7 Å². The van der Waals surface area contributed by atoms with Crippen LogP contribution in [0, 0.1) is 0 Å². The van der Waals surface area contributed by atoms with E-state index in [0.717, 1.165) is 0 Å². The zero-order valence-electron chi connectivity index (χ0n) is 3.74. The van der Waals surface area contributed by atoms with Crippen molar-refractivity contribution in [2.24, 2.45) is 0 Å². The first-order valence-corrected chi connectivity index (χ1v) is 3.51. The van der Waals surface area contributed by atoms with Gasteiger partial charge in [0.2, 0.25) is 0 Å². The third-order valence-corrected chi connectivity index (χ3v) is 1.10. The van der Waals surface area contributed by atoms with Crippen molar-refractivity contribution in [3.63, 3.8) is 0 Å². The molecule has 0 aliphatic carbocycles. The fourth-order valence-corrected chi connectivity index (χ4v) is 0.505. The summed E-state index contributed by atoms with van der Waals surface area (Å²) in [5.41, 5.74) is 0. The molecule has 0 aliphatic rings. The molecule has 2 N–H and O–H groups in total. The van der Waals surface area contributed by atoms with Gasteiger partial charge in [-0.15, -0.1) is 6.58 Å². The summed E-state index contributed by atoms with van der Waals surface area (Å²) >= 11 is 0. The molecular formula is C3H8NaO3P. The maximum atomic E-state index is 9.85. The molecular weight excluding hydrogens is 138 g/mol. The first-order chi connectivity index (χ1) is 3.06. The van der Waals surface area contributed by atoms with Crippen molar-refractivity contribution in [2.45, 2.75) is 0 Å². The topological polar surface area (TPSA) is 57.5 Å². The summed E-state index contributed by atoms with van der Waals surface area (Å²) < 4.78 is 9.85. The van der Waals surface area contributed by atoms with Gasteiger partial charge in [-0.3, -0.25) is 4.57 Å². The summed E-state index contributed by atoms with van der Waals surface area (Å²) in [6.45, 7) is 3.15. The van der Waals surface area contributed by atoms with Gasteiger partial charge in [0, 0.05) is 0 Å². The zero-order valence-corrected chi connectivity index (χ0v) is 4.64. The van der Waals surface area contributed by atoms with Crippen molar-refractivity contribution in [1.29, 1.82) is 0 Å². The zero-order chi connectivity index (χ0) is 5.91. The Bertz CT molecular complexity index is 107. The van der Waals surface area contributed by atoms with Gasteiger partial charge in [-0.1, -0.05) is 6.08 Å². The van der Waals surface area contributed by atoms with Crippen LogP contribution in [0.1, 0.15) is 0 Å². The van der Waals surface area contributed by atoms with E-state index in [4.69, 9.17) is 9.79 Å². The molecule has 0 aliphatic heterocycles. The van der Waals surface area contributed by atoms with Crippen LogP contribution in [0.4, 0.5) is 0 Å². The van der Waals surface area contributed by atoms with Crippen LogP contribution < -0.4 is 0 Å². The van der Waals surface area contributed by atoms with Crippen molar-refractivity contribution in [1.82, 2.24) is 0 Å². The second kappa shape index (κ2) is 4.74. The van der Waals surface area contributed by atoms with E-state index in [9.17, 15) is 4.57 Å². The van der Waals surface area contributed by atoms with Gasteiger partial charge < -0.3 is 9.79 Å². The van der Waals surface area contributed by atoms with Crippen molar-refractivity contribution in [2.75, 3.05) is 6.16 Å². The summed E-state index contributed by atoms with van der Waals surface area (Å²) in [4.78, 5) is 16.1. The summed E-state index contributed by atoms with van der Waals surface area (Å²) in [5.74, 6) is 0. The molecule has 44 valence electrons. The minimum absolute atomic E-state index is 0. The van der Waals surface area contributed by atoms with Crippen molar-refractivity contribution in [3.8, 4) is 0 Å². The predicted octanol–water partition coefficient (Wildman–Crippen LogP) is -0.298. The van der Waals surface area contributed by atoms with Gasteiger partial charge in [-0.2, -0.15) is 0 Å². The van der Waals surface area contributed by atoms with E-state index < -0.39 is 7.60 Å². The monoisotopic (exact) mass is 146 g/mol. The van der Waals surface area contributed by atoms with E-state index in [2.05, 4.69) is 6.58 Å². The maximum absolute atomic E-state index is 9.85. The molecule has 8 heavy (non-hydrogen) atoms. The Hall–Kier alpha value is 0.890. The molecule has 0 radical (unpaired) electrons. The van der Waals surface area contributed by atoms with E-state index in [0.29, 0.717) is 0 Å². The summed E-state index contributed by atoms with van der Waals surface area (Å²) in [7, 11) is -3.78. The van der Waals surface area contributed by atoms with Gasteiger partial charge in [-0.25, -0.2) is 0 Å². The molecule has 0 aromatic carbocycles. The fourth-order valence-electron chi connectivity index (χ4n) is 0.168. The molecule has 0 aromatic heterocycles. The first-order valence-electron chi connectivity index (χ1n) is 1.72. The van der Waals surface area contributed by atoms with E-state index in [1.54, 1.807) is 0 Å². The Morgan fingerprint density at radius 2 is 2.00 bits per heavy atom. The number of allylic oxidation sites excluding steroid dienone is 1. The van der Waals surface area contributed by atoms with Gasteiger partial charge >= 0.3 is 37.2 Å². The molecule has 0 rings (SSSR count). The second-order valence-corrected chi connectivity index (χ2v) is 2.83. The first kappa shape index (κ1) is 11.7. The molecule has 0 amide bonds. The Morgan fingerprint density at radius 3 is 2.00 bits per heavy atom. The third-order valence-electron chi connectivity index (χ3n) is 0.367. The minimum atomic E-state index is -3.78. The molecule has 0 unspecified atom stereocenters. The summed E-state index contributed by atoms with van der Waals surface area (Å²) in [5, 5.41) is 0. The summed E-state index contributed by atoms with van der Waals surface area (Å²) in [6.07, 6.45) is 0.966. The second-order valence-electron chi connectivity index (χ2n) is 1.14. The predicted molar refractivity (Wildman–Crippen MR) is 34.3 cm³/mol. The molecule has 0 bridgehead atoms. The molecule has 0 fully saturated rings. The van der Waals surface area contributed by atoms with Crippen LogP contribution in [0.5, 0.6) is 0 Å². The third kappa shape index (κ3) is 10.00. The van der Waals surface area contributed by atoms with Gasteiger partial charge in [0.05, 0.1) is 6.16 Å². The van der Waals surface area contributed by atoms with Gasteiger partial charge in [-0.05, 0) is 0 Å². The van der Waals surface area contributed by atoms with Crippen LogP contribution >= 0.6 is 7.60 Å². The van der Waals surface area contributed by atoms with Crippen LogP contribution in [0.15, 0.2) is 12.7 Å². The average Bonchev–Trinajstić information content (AvgIpc) is 1.30. The number of hydrogen-bond donors (Lipinski definition) is 2. The molecule has 5 heteroatoms. The standard InChI is InChI=1S/C3H7O3P.Na.H/c1-2-3-7(4,5)6;;/h2H,1,3H2,(H2,4,5,6);;. The average molecular weight is 146 g/mol. The quantitative estimate of drug-likeness (QED) is 0.319. The van der Waals surface area contributed by atoms with Crippen LogP contribution in [0.25, 0.3) is 0 Å². The molecule has 0 aromatic rings. The van der Waals surface area contributed by atoms with E-state index in [1.165, 1.54) is 6.08 Å². The van der Waals surface area contributed by atoms with Crippen LogP contribution in [0.3, 0.4) is 0 Å². The van der Waals surface area contributed by atoms with Crippen molar-refractivity contribution < 1.29 is 14.4 Å². The normalized spacial score (nSPS) is 9.75. The van der Waals surface area contributed by atoms with Gasteiger partial charge in [0.15, 0.2) is 0 Å². The number of hydrogen-bond acceptors (Lipinski definition) is 1. The van der Waals surface area contributed by atoms with Crippen LogP contribution in [-0.2, 0) is 4.57 Å². The van der Waals surface area contributed by atoms with Gasteiger partial charge in [0.1, 0.15) is 0 Å². The molecule has 0 atom stereocenters. The Morgan fingerprint density at radius 1 is 1.62 bits per heavy atom. The molecule has 0 heterocycles. The molecule has 3 nitrogen and oxygen atoms in total. The van der Waals surface area contributed by atoms with Crippen LogP contribution in [0.2, 0.25) is 0 Å². The van der Waals surface area contributed by atoms with E-state index >= 15 is 0 Å². The van der Waals surface area contributed by atoms with Crippen LogP contribution in [-0.4, -0.2) is 45.5 Å². The fraction of sp³-hybridized carbons (Fsp3) is 0.333. The summed E-state index contributed by atoms with van der Waals surface area (Å²) in [6, 6.07) is 0. The van der Waals surface area contributed by atoms with Crippen molar-refractivity contribution >= 4 is 37.2 Å². The van der Waals surface area contributed by atoms with E-state index in [1.807, 2.05) is 0 Å².